The van der Waals surface area contributed by atoms with Crippen molar-refractivity contribution in [3.63, 3.8) is 0 Å². The second kappa shape index (κ2) is 14.6. The molecule has 0 atom stereocenters. The Balaban J connectivity index is 1.23. The van der Waals surface area contributed by atoms with Gasteiger partial charge < -0.3 is 16.0 Å². The second-order valence-corrected chi connectivity index (χ2v) is 11.6. The van der Waals surface area contributed by atoms with E-state index in [1.165, 1.54) is 22.5 Å². The van der Waals surface area contributed by atoms with Crippen molar-refractivity contribution in [3.8, 4) is 5.69 Å². The third kappa shape index (κ3) is 7.66. The zero-order valence-corrected chi connectivity index (χ0v) is 26.6. The summed E-state index contributed by atoms with van der Waals surface area (Å²) in [6.45, 7) is 1.78. The van der Waals surface area contributed by atoms with Crippen LogP contribution < -0.4 is 21.5 Å². The predicted molar refractivity (Wildman–Crippen MR) is 184 cm³/mol. The number of para-hydroxylation sites is 1. The minimum Gasteiger partial charge on any atom is -0.321 e. The normalized spacial score (nSPS) is 11.2. The minimum atomic E-state index is -0.539. The number of carbonyl (C=O) groups is 3. The van der Waals surface area contributed by atoms with E-state index in [1.54, 1.807) is 97.5 Å². The Bertz CT molecular complexity index is 1970. The van der Waals surface area contributed by atoms with Gasteiger partial charge in [-0.3, -0.25) is 23.9 Å². The Kier molecular flexibility index (Phi) is 10.2. The smallest absolute Gasteiger partial charge is 0.295 e. The van der Waals surface area contributed by atoms with Crippen LogP contribution in [0.25, 0.3) is 11.8 Å². The number of hydrogen-bond acceptors (Lipinski definition) is 5. The number of halogens is 1. The molecule has 46 heavy (non-hydrogen) atoms. The van der Waals surface area contributed by atoms with E-state index in [0.29, 0.717) is 33.2 Å². The summed E-state index contributed by atoms with van der Waals surface area (Å²) in [5, 5.41) is 8.68. The largest absolute Gasteiger partial charge is 0.321 e. The lowest BCUT2D eigenvalue weighted by atomic mass is 10.1. The zero-order chi connectivity index (χ0) is 32.6. The molecule has 0 aliphatic rings. The number of nitrogens with zero attached hydrogens (tertiary/aromatic N) is 2. The molecule has 0 saturated heterocycles. The van der Waals surface area contributed by atoms with E-state index < -0.39 is 11.8 Å². The highest BCUT2D eigenvalue weighted by Gasteiger charge is 2.19. The molecule has 5 rings (SSSR count). The van der Waals surface area contributed by atoms with Gasteiger partial charge in [0.05, 0.1) is 17.1 Å². The van der Waals surface area contributed by atoms with Crippen LogP contribution in [0.5, 0.6) is 0 Å². The fourth-order valence-electron chi connectivity index (χ4n) is 4.56. The Morgan fingerprint density at radius 3 is 2.13 bits per heavy atom. The average molecular weight is 652 g/mol. The first kappa shape index (κ1) is 32.1. The first-order chi connectivity index (χ1) is 22.2. The quantitative estimate of drug-likeness (QED) is 0.122. The number of amides is 3. The molecule has 11 heteroatoms. The molecule has 0 radical (unpaired) electrons. The monoisotopic (exact) mass is 651 g/mol. The van der Waals surface area contributed by atoms with E-state index in [4.69, 9.17) is 11.6 Å². The molecule has 0 bridgehead atoms. The number of benzene rings is 4. The summed E-state index contributed by atoms with van der Waals surface area (Å²) in [4.78, 5) is 52.9. The first-order valence-corrected chi connectivity index (χ1v) is 15.6. The maximum absolute atomic E-state index is 13.3. The van der Waals surface area contributed by atoms with Crippen molar-refractivity contribution in [2.24, 2.45) is 7.05 Å². The molecule has 1 heterocycles. The molecule has 0 aliphatic carbocycles. The lowest BCUT2D eigenvalue weighted by Gasteiger charge is -2.12. The van der Waals surface area contributed by atoms with E-state index in [9.17, 15) is 19.2 Å². The highest BCUT2D eigenvalue weighted by atomic mass is 35.5. The van der Waals surface area contributed by atoms with Crippen LogP contribution in [0, 0.1) is 6.92 Å². The number of aromatic nitrogens is 2. The molecule has 0 spiro atoms. The summed E-state index contributed by atoms with van der Waals surface area (Å²) >= 11 is 7.60. The van der Waals surface area contributed by atoms with Crippen molar-refractivity contribution < 1.29 is 14.4 Å². The molecule has 1 aromatic heterocycles. The molecule has 3 N–H and O–H groups in total. The van der Waals surface area contributed by atoms with E-state index in [2.05, 4.69) is 16.0 Å². The van der Waals surface area contributed by atoms with Crippen LogP contribution >= 0.6 is 23.4 Å². The third-order valence-electron chi connectivity index (χ3n) is 7.03. The van der Waals surface area contributed by atoms with Gasteiger partial charge in [-0.2, -0.15) is 0 Å². The fourth-order valence-corrected chi connectivity index (χ4v) is 5.45. The lowest BCUT2D eigenvalue weighted by molar-refractivity contribution is -0.114. The SMILES string of the molecule is Cc1c(NC(=O)CSc2ccc(NC(=O)/C(=C/c3ccccc3Cl)NC(=O)c3ccccc3)cc2)c(=O)n(-c2ccccc2)n1C. The van der Waals surface area contributed by atoms with E-state index >= 15 is 0 Å². The van der Waals surface area contributed by atoms with Crippen LogP contribution in [0.15, 0.2) is 125 Å². The van der Waals surface area contributed by atoms with Gasteiger partial charge in [-0.05, 0) is 73.2 Å². The second-order valence-electron chi connectivity index (χ2n) is 10.2. The Labute approximate surface area is 274 Å². The number of thioether (sulfide) groups is 1. The predicted octanol–water partition coefficient (Wildman–Crippen LogP) is 6.28. The number of nitrogens with one attached hydrogen (secondary N) is 3. The van der Waals surface area contributed by atoms with E-state index in [0.717, 1.165) is 4.90 Å². The summed E-state index contributed by atoms with van der Waals surface area (Å²) in [5.41, 5.74) is 2.72. The van der Waals surface area contributed by atoms with Gasteiger partial charge in [0.15, 0.2) is 0 Å². The summed E-state index contributed by atoms with van der Waals surface area (Å²) in [5.74, 6) is -1.23. The highest BCUT2D eigenvalue weighted by molar-refractivity contribution is 8.00. The molecule has 232 valence electrons. The Hall–Kier alpha value is -5.32. The number of anilines is 2. The van der Waals surface area contributed by atoms with Crippen molar-refractivity contribution in [2.45, 2.75) is 11.8 Å². The van der Waals surface area contributed by atoms with Crippen LogP contribution in [0.1, 0.15) is 21.6 Å². The molecule has 0 saturated carbocycles. The van der Waals surface area contributed by atoms with Gasteiger partial charge >= 0.3 is 0 Å². The zero-order valence-electron chi connectivity index (χ0n) is 25.0. The van der Waals surface area contributed by atoms with Crippen molar-refractivity contribution in [1.82, 2.24) is 14.7 Å². The van der Waals surface area contributed by atoms with Crippen molar-refractivity contribution >= 4 is 58.5 Å². The molecular formula is C35H30ClN5O4S. The summed E-state index contributed by atoms with van der Waals surface area (Å²) in [6.07, 6.45) is 1.52. The van der Waals surface area contributed by atoms with Gasteiger partial charge in [0.2, 0.25) is 5.91 Å². The van der Waals surface area contributed by atoms with Crippen molar-refractivity contribution in [2.75, 3.05) is 16.4 Å². The van der Waals surface area contributed by atoms with Crippen molar-refractivity contribution in [3.05, 3.63) is 147 Å². The number of rotatable bonds is 10. The van der Waals surface area contributed by atoms with Gasteiger partial charge in [0, 0.05) is 28.2 Å². The average Bonchev–Trinajstić information content (AvgIpc) is 3.28. The molecule has 0 fully saturated rings. The number of hydrogen-bond donors (Lipinski definition) is 3. The molecule has 5 aromatic rings. The molecule has 0 aliphatic heterocycles. The first-order valence-electron chi connectivity index (χ1n) is 14.2. The topological polar surface area (TPSA) is 114 Å². The lowest BCUT2D eigenvalue weighted by Crippen LogP contribution is -2.30. The standard InChI is InChI=1S/C35H30ClN5O4S/c1-23-32(35(45)41(40(23)2)27-14-7-4-8-15-27)39-31(42)22-46-28-19-17-26(18-20-28)37-34(44)30(21-25-13-9-10-16-29(25)36)38-33(43)24-11-5-3-6-12-24/h3-21H,22H2,1-2H3,(H,37,44)(H,38,43)(H,39,42)/b30-21-. The Morgan fingerprint density at radius 1 is 0.826 bits per heavy atom. The van der Waals surface area contributed by atoms with Crippen LogP contribution in [0.2, 0.25) is 5.02 Å². The van der Waals surface area contributed by atoms with Crippen LogP contribution in [0.3, 0.4) is 0 Å². The molecular weight excluding hydrogens is 622 g/mol. The van der Waals surface area contributed by atoms with Crippen LogP contribution in [-0.2, 0) is 16.6 Å². The molecule has 3 amide bonds. The summed E-state index contributed by atoms with van der Waals surface area (Å²) in [6, 6.07) is 31.7. The van der Waals surface area contributed by atoms with Gasteiger partial charge in [-0.25, -0.2) is 4.68 Å². The maximum Gasteiger partial charge on any atom is 0.295 e. The van der Waals surface area contributed by atoms with E-state index in [1.807, 2.05) is 30.3 Å². The maximum atomic E-state index is 13.3. The Morgan fingerprint density at radius 2 is 1.46 bits per heavy atom. The van der Waals surface area contributed by atoms with Gasteiger partial charge in [0.25, 0.3) is 17.4 Å². The summed E-state index contributed by atoms with van der Waals surface area (Å²) < 4.78 is 3.21. The van der Waals surface area contributed by atoms with Gasteiger partial charge in [-0.15, -0.1) is 11.8 Å². The van der Waals surface area contributed by atoms with Crippen molar-refractivity contribution in [1.29, 1.82) is 0 Å². The molecule has 9 nitrogen and oxygen atoms in total. The van der Waals surface area contributed by atoms with E-state index in [-0.39, 0.29) is 28.6 Å². The fraction of sp³-hybridized carbons (Fsp3) is 0.0857. The summed E-state index contributed by atoms with van der Waals surface area (Å²) in [7, 11) is 1.77. The third-order valence-corrected chi connectivity index (χ3v) is 8.39. The van der Waals surface area contributed by atoms with Crippen LogP contribution in [0.4, 0.5) is 11.4 Å². The highest BCUT2D eigenvalue weighted by Crippen LogP contribution is 2.23. The number of carbonyl (C=O) groups excluding carboxylic acids is 3. The van der Waals surface area contributed by atoms with Gasteiger partial charge in [0.1, 0.15) is 11.4 Å². The molecule has 0 unspecified atom stereocenters. The molecule has 4 aromatic carbocycles. The van der Waals surface area contributed by atoms with Gasteiger partial charge in [-0.1, -0.05) is 66.2 Å². The minimum absolute atomic E-state index is 0.0135. The van der Waals surface area contributed by atoms with Crippen LogP contribution in [-0.4, -0.2) is 32.8 Å².